The van der Waals surface area contributed by atoms with Crippen LogP contribution in [0.5, 0.6) is 11.5 Å². The number of benzene rings is 2. The van der Waals surface area contributed by atoms with E-state index in [-0.39, 0.29) is 5.91 Å². The maximum absolute atomic E-state index is 12.5. The van der Waals surface area contributed by atoms with Crippen molar-refractivity contribution < 1.29 is 23.8 Å². The van der Waals surface area contributed by atoms with Crippen LogP contribution in [0.15, 0.2) is 42.5 Å². The Morgan fingerprint density at radius 1 is 1.11 bits per heavy atom. The van der Waals surface area contributed by atoms with Crippen molar-refractivity contribution >= 4 is 17.6 Å². The highest BCUT2D eigenvalue weighted by atomic mass is 16.6. The Hall–Kier alpha value is -3.02. The summed E-state index contributed by atoms with van der Waals surface area (Å²) in [4.78, 5) is 24.4. The predicted molar refractivity (Wildman–Crippen MR) is 108 cm³/mol. The average molecular weight is 385 g/mol. The van der Waals surface area contributed by atoms with E-state index in [0.29, 0.717) is 29.4 Å². The molecule has 2 aromatic carbocycles. The van der Waals surface area contributed by atoms with Crippen LogP contribution in [-0.4, -0.2) is 31.7 Å². The second-order valence-corrected chi connectivity index (χ2v) is 6.46. The molecule has 150 valence electrons. The van der Waals surface area contributed by atoms with E-state index < -0.39 is 12.1 Å². The number of anilines is 1. The zero-order valence-corrected chi connectivity index (χ0v) is 16.8. The summed E-state index contributed by atoms with van der Waals surface area (Å²) < 4.78 is 16.0. The van der Waals surface area contributed by atoms with Crippen LogP contribution in [0.25, 0.3) is 0 Å². The number of carbonyl (C=O) groups is 2. The highest BCUT2D eigenvalue weighted by Crippen LogP contribution is 2.26. The van der Waals surface area contributed by atoms with E-state index in [0.717, 1.165) is 18.4 Å². The normalized spacial score (nSPS) is 11.4. The number of unbranched alkanes of at least 4 members (excludes halogenated alkanes) is 1. The number of hydrogen-bond donors (Lipinski definition) is 1. The predicted octanol–water partition coefficient (Wildman–Crippen LogP) is 4.37. The summed E-state index contributed by atoms with van der Waals surface area (Å²) in [6.07, 6.45) is 1.07. The summed E-state index contributed by atoms with van der Waals surface area (Å²) >= 11 is 0. The molecule has 0 aliphatic heterocycles. The highest BCUT2D eigenvalue weighted by molar-refractivity contribution is 6.05. The second-order valence-electron chi connectivity index (χ2n) is 6.46. The molecule has 0 aliphatic rings. The molecule has 0 aromatic heterocycles. The number of esters is 1. The molecule has 0 radical (unpaired) electrons. The van der Waals surface area contributed by atoms with Crippen molar-refractivity contribution in [2.75, 3.05) is 19.0 Å². The molecule has 0 saturated heterocycles. The van der Waals surface area contributed by atoms with Gasteiger partial charge in [0.05, 0.1) is 19.4 Å². The first kappa shape index (κ1) is 21.3. The van der Waals surface area contributed by atoms with Crippen molar-refractivity contribution in [3.63, 3.8) is 0 Å². The standard InChI is InChI=1S/C22H27NO5/c1-5-6-13-27-22(25)16(3)28-18-10-8-17(9-11-18)21(24)23-19-14-15(2)7-12-20(19)26-4/h7-12,14,16H,5-6,13H2,1-4H3,(H,23,24). The lowest BCUT2D eigenvalue weighted by molar-refractivity contribution is -0.151. The number of methoxy groups -OCH3 is 1. The number of nitrogens with one attached hydrogen (secondary N) is 1. The fourth-order valence-corrected chi connectivity index (χ4v) is 2.49. The maximum atomic E-state index is 12.5. The lowest BCUT2D eigenvalue weighted by Gasteiger charge is -2.14. The first-order chi connectivity index (χ1) is 13.4. The van der Waals surface area contributed by atoms with E-state index in [2.05, 4.69) is 5.32 Å². The minimum Gasteiger partial charge on any atom is -0.495 e. The summed E-state index contributed by atoms with van der Waals surface area (Å²) in [5, 5.41) is 2.85. The third kappa shape index (κ3) is 6.01. The van der Waals surface area contributed by atoms with Crippen LogP contribution < -0.4 is 14.8 Å². The van der Waals surface area contributed by atoms with Gasteiger partial charge in [0.25, 0.3) is 5.91 Å². The third-order valence-electron chi connectivity index (χ3n) is 4.11. The van der Waals surface area contributed by atoms with Crippen molar-refractivity contribution in [2.45, 2.75) is 39.7 Å². The highest BCUT2D eigenvalue weighted by Gasteiger charge is 2.16. The number of hydrogen-bond acceptors (Lipinski definition) is 5. The van der Waals surface area contributed by atoms with Crippen LogP contribution >= 0.6 is 0 Å². The Bertz CT molecular complexity index is 801. The Morgan fingerprint density at radius 2 is 1.82 bits per heavy atom. The third-order valence-corrected chi connectivity index (χ3v) is 4.11. The monoisotopic (exact) mass is 385 g/mol. The molecule has 0 saturated carbocycles. The molecule has 6 heteroatoms. The molecule has 0 heterocycles. The van der Waals surface area contributed by atoms with Gasteiger partial charge in [-0.2, -0.15) is 0 Å². The van der Waals surface area contributed by atoms with Gasteiger partial charge in [-0.1, -0.05) is 19.4 Å². The fraction of sp³-hybridized carbons (Fsp3) is 0.364. The van der Waals surface area contributed by atoms with Crippen molar-refractivity contribution in [3.05, 3.63) is 53.6 Å². The molecule has 6 nitrogen and oxygen atoms in total. The molecule has 1 unspecified atom stereocenters. The molecule has 2 aromatic rings. The van der Waals surface area contributed by atoms with Crippen LogP contribution in [0, 0.1) is 6.92 Å². The van der Waals surface area contributed by atoms with Crippen LogP contribution in [0.1, 0.15) is 42.6 Å². The number of amides is 1. The van der Waals surface area contributed by atoms with Gasteiger partial charge in [0.2, 0.25) is 0 Å². The van der Waals surface area contributed by atoms with E-state index in [4.69, 9.17) is 14.2 Å². The lowest BCUT2D eigenvalue weighted by Crippen LogP contribution is -2.26. The SMILES string of the molecule is CCCCOC(=O)C(C)Oc1ccc(C(=O)Nc2cc(C)ccc2OC)cc1. The second kappa shape index (κ2) is 10.3. The summed E-state index contributed by atoms with van der Waals surface area (Å²) in [7, 11) is 1.56. The van der Waals surface area contributed by atoms with Crippen LogP contribution in [-0.2, 0) is 9.53 Å². The first-order valence-corrected chi connectivity index (χ1v) is 9.34. The zero-order valence-electron chi connectivity index (χ0n) is 16.8. The van der Waals surface area contributed by atoms with Gasteiger partial charge >= 0.3 is 5.97 Å². The first-order valence-electron chi connectivity index (χ1n) is 9.34. The van der Waals surface area contributed by atoms with Crippen molar-refractivity contribution in [1.82, 2.24) is 0 Å². The van der Waals surface area contributed by atoms with Gasteiger partial charge in [-0.15, -0.1) is 0 Å². The molecule has 0 spiro atoms. The number of rotatable bonds is 9. The van der Waals surface area contributed by atoms with E-state index >= 15 is 0 Å². The van der Waals surface area contributed by atoms with Gasteiger partial charge < -0.3 is 19.5 Å². The van der Waals surface area contributed by atoms with Crippen molar-refractivity contribution in [1.29, 1.82) is 0 Å². The smallest absolute Gasteiger partial charge is 0.347 e. The Kier molecular flexibility index (Phi) is 7.87. The maximum Gasteiger partial charge on any atom is 0.347 e. The van der Waals surface area contributed by atoms with E-state index in [1.54, 1.807) is 38.3 Å². The topological polar surface area (TPSA) is 73.9 Å². The molecule has 2 rings (SSSR count). The summed E-state index contributed by atoms with van der Waals surface area (Å²) in [5.74, 6) is 0.420. The summed E-state index contributed by atoms with van der Waals surface area (Å²) in [6, 6.07) is 12.2. The van der Waals surface area contributed by atoms with E-state index in [1.807, 2.05) is 32.0 Å². The van der Waals surface area contributed by atoms with Gasteiger partial charge in [0, 0.05) is 5.56 Å². The van der Waals surface area contributed by atoms with Gasteiger partial charge in [-0.05, 0) is 62.2 Å². The molecule has 28 heavy (non-hydrogen) atoms. The fourth-order valence-electron chi connectivity index (χ4n) is 2.49. The van der Waals surface area contributed by atoms with E-state index in [1.165, 1.54) is 0 Å². The molecular formula is C22H27NO5. The minimum absolute atomic E-state index is 0.262. The molecule has 0 fully saturated rings. The average Bonchev–Trinajstić information content (AvgIpc) is 2.68. The molecule has 0 bridgehead atoms. The Morgan fingerprint density at radius 3 is 2.46 bits per heavy atom. The van der Waals surface area contributed by atoms with Gasteiger partial charge in [-0.25, -0.2) is 4.79 Å². The largest absolute Gasteiger partial charge is 0.495 e. The van der Waals surface area contributed by atoms with Gasteiger partial charge in [0.15, 0.2) is 6.10 Å². The molecule has 0 aliphatic carbocycles. The zero-order chi connectivity index (χ0) is 20.5. The number of carbonyl (C=O) groups excluding carboxylic acids is 2. The van der Waals surface area contributed by atoms with Crippen LogP contribution in [0.4, 0.5) is 5.69 Å². The van der Waals surface area contributed by atoms with Crippen LogP contribution in [0.2, 0.25) is 0 Å². The van der Waals surface area contributed by atoms with E-state index in [9.17, 15) is 9.59 Å². The van der Waals surface area contributed by atoms with Crippen molar-refractivity contribution in [2.24, 2.45) is 0 Å². The minimum atomic E-state index is -0.715. The molecule has 1 atom stereocenters. The van der Waals surface area contributed by atoms with Crippen molar-refractivity contribution in [3.8, 4) is 11.5 Å². The molecular weight excluding hydrogens is 358 g/mol. The Labute approximate surface area is 165 Å². The molecule has 1 amide bonds. The molecule has 1 N–H and O–H groups in total. The van der Waals surface area contributed by atoms with Gasteiger partial charge in [-0.3, -0.25) is 4.79 Å². The number of aryl methyl sites for hydroxylation is 1. The lowest BCUT2D eigenvalue weighted by atomic mass is 10.1. The summed E-state index contributed by atoms with van der Waals surface area (Å²) in [5.41, 5.74) is 2.09. The quantitative estimate of drug-likeness (QED) is 0.513. The summed E-state index contributed by atoms with van der Waals surface area (Å²) in [6.45, 7) is 6.00. The van der Waals surface area contributed by atoms with Gasteiger partial charge in [0.1, 0.15) is 11.5 Å². The Balaban J connectivity index is 1.97. The number of ether oxygens (including phenoxy) is 3. The van der Waals surface area contributed by atoms with Crippen LogP contribution in [0.3, 0.4) is 0 Å².